The van der Waals surface area contributed by atoms with E-state index >= 15 is 0 Å². The summed E-state index contributed by atoms with van der Waals surface area (Å²) >= 11 is 0. The van der Waals surface area contributed by atoms with Gasteiger partial charge in [-0.25, -0.2) is 0 Å². The molecular formula is C19H28N2O2. The number of hydrogen-bond acceptors (Lipinski definition) is 2. The molecule has 1 fully saturated rings. The molecule has 1 saturated heterocycles. The number of likely N-dealkylation sites (tertiary alicyclic amines) is 1. The van der Waals surface area contributed by atoms with Gasteiger partial charge in [0.15, 0.2) is 0 Å². The molecule has 4 heteroatoms. The van der Waals surface area contributed by atoms with Gasteiger partial charge in [-0.15, -0.1) is 0 Å². The minimum atomic E-state index is -0.0746. The summed E-state index contributed by atoms with van der Waals surface area (Å²) in [5.74, 6) is 0.440. The molecular weight excluding hydrogens is 288 g/mol. The molecule has 0 unspecified atom stereocenters. The topological polar surface area (TPSA) is 49.4 Å². The molecule has 1 N–H and O–H groups in total. The summed E-state index contributed by atoms with van der Waals surface area (Å²) in [7, 11) is 0. The molecule has 0 aliphatic carbocycles. The molecule has 0 radical (unpaired) electrons. The molecule has 0 aromatic heterocycles. The van der Waals surface area contributed by atoms with Crippen LogP contribution in [0.15, 0.2) is 30.3 Å². The average molecular weight is 316 g/mol. The molecule has 0 spiro atoms. The summed E-state index contributed by atoms with van der Waals surface area (Å²) in [6, 6.07) is 10.2. The fraction of sp³-hybridized carbons (Fsp3) is 0.579. The second kappa shape index (κ2) is 8.14. The van der Waals surface area contributed by atoms with E-state index < -0.39 is 0 Å². The van der Waals surface area contributed by atoms with Crippen molar-refractivity contribution >= 4 is 11.8 Å². The van der Waals surface area contributed by atoms with Crippen LogP contribution >= 0.6 is 0 Å². The van der Waals surface area contributed by atoms with Gasteiger partial charge in [-0.3, -0.25) is 9.59 Å². The van der Waals surface area contributed by atoms with E-state index in [1.165, 1.54) is 5.56 Å². The Morgan fingerprint density at radius 3 is 2.57 bits per heavy atom. The number of nitrogens with zero attached hydrogens (tertiary/aromatic N) is 1. The summed E-state index contributed by atoms with van der Waals surface area (Å²) < 4.78 is 0. The largest absolute Gasteiger partial charge is 0.355 e. The van der Waals surface area contributed by atoms with E-state index in [0.717, 1.165) is 19.4 Å². The molecule has 2 rings (SSSR count). The molecule has 0 saturated carbocycles. The standard InChI is InChI=1S/C19H28N2O2/c1-14(2)19(23)21-11-7-10-17(13-21)18(22)20-12-15(3)16-8-5-4-6-9-16/h4-6,8-9,14-15,17H,7,10-13H2,1-3H3,(H,20,22)/t15-,17+/m1/s1. The van der Waals surface area contributed by atoms with E-state index in [4.69, 9.17) is 0 Å². The molecule has 1 aromatic rings. The highest BCUT2D eigenvalue weighted by Crippen LogP contribution is 2.19. The molecule has 2 atom stereocenters. The first-order valence-corrected chi connectivity index (χ1v) is 8.60. The summed E-state index contributed by atoms with van der Waals surface area (Å²) in [6.07, 6.45) is 1.78. The van der Waals surface area contributed by atoms with Crippen LogP contribution in [0.3, 0.4) is 0 Å². The third-order valence-electron chi connectivity index (χ3n) is 4.55. The van der Waals surface area contributed by atoms with Gasteiger partial charge in [0.2, 0.25) is 11.8 Å². The Labute approximate surface area is 139 Å². The van der Waals surface area contributed by atoms with Crippen molar-refractivity contribution in [1.82, 2.24) is 10.2 Å². The molecule has 1 heterocycles. The van der Waals surface area contributed by atoms with E-state index in [-0.39, 0.29) is 29.6 Å². The molecule has 4 nitrogen and oxygen atoms in total. The Morgan fingerprint density at radius 1 is 1.22 bits per heavy atom. The normalized spacial score (nSPS) is 19.5. The minimum absolute atomic E-state index is 0.00471. The van der Waals surface area contributed by atoms with Crippen LogP contribution in [0.25, 0.3) is 0 Å². The predicted octanol–water partition coefficient (Wildman–Crippen LogP) is 2.80. The number of benzene rings is 1. The smallest absolute Gasteiger partial charge is 0.225 e. The quantitative estimate of drug-likeness (QED) is 0.908. The number of amides is 2. The van der Waals surface area contributed by atoms with Crippen LogP contribution in [0.1, 0.15) is 45.1 Å². The summed E-state index contributed by atoms with van der Waals surface area (Å²) in [5, 5.41) is 3.06. The van der Waals surface area contributed by atoms with Crippen molar-refractivity contribution in [3.05, 3.63) is 35.9 Å². The zero-order chi connectivity index (χ0) is 16.8. The third-order valence-corrected chi connectivity index (χ3v) is 4.55. The average Bonchev–Trinajstić information content (AvgIpc) is 2.59. The highest BCUT2D eigenvalue weighted by molar-refractivity contribution is 5.82. The van der Waals surface area contributed by atoms with Crippen molar-refractivity contribution in [2.45, 2.75) is 39.5 Å². The molecule has 126 valence electrons. The van der Waals surface area contributed by atoms with Crippen LogP contribution in [0.5, 0.6) is 0 Å². The third kappa shape index (κ3) is 4.81. The maximum atomic E-state index is 12.4. The predicted molar refractivity (Wildman–Crippen MR) is 92.0 cm³/mol. The number of piperidine rings is 1. The van der Waals surface area contributed by atoms with Crippen molar-refractivity contribution in [2.24, 2.45) is 11.8 Å². The van der Waals surface area contributed by atoms with E-state index in [0.29, 0.717) is 13.1 Å². The fourth-order valence-electron chi connectivity index (χ4n) is 3.05. The zero-order valence-electron chi connectivity index (χ0n) is 14.4. The van der Waals surface area contributed by atoms with Gasteiger partial charge in [0.1, 0.15) is 0 Å². The van der Waals surface area contributed by atoms with Gasteiger partial charge >= 0.3 is 0 Å². The van der Waals surface area contributed by atoms with Crippen molar-refractivity contribution in [3.63, 3.8) is 0 Å². The van der Waals surface area contributed by atoms with Crippen LogP contribution in [0, 0.1) is 11.8 Å². The maximum Gasteiger partial charge on any atom is 0.225 e. The second-order valence-electron chi connectivity index (χ2n) is 6.83. The van der Waals surface area contributed by atoms with E-state index in [9.17, 15) is 9.59 Å². The number of nitrogens with one attached hydrogen (secondary N) is 1. The molecule has 0 bridgehead atoms. The highest BCUT2D eigenvalue weighted by atomic mass is 16.2. The molecule has 1 aliphatic rings. The van der Waals surface area contributed by atoms with Crippen LogP contribution in [-0.4, -0.2) is 36.3 Å². The van der Waals surface area contributed by atoms with E-state index in [1.54, 1.807) is 0 Å². The highest BCUT2D eigenvalue weighted by Gasteiger charge is 2.29. The Morgan fingerprint density at radius 2 is 1.91 bits per heavy atom. The van der Waals surface area contributed by atoms with Crippen molar-refractivity contribution in [2.75, 3.05) is 19.6 Å². The van der Waals surface area contributed by atoms with Gasteiger partial charge in [0.25, 0.3) is 0 Å². The SMILES string of the molecule is CC(C)C(=O)N1CCC[C@H](C(=O)NC[C@@H](C)c2ccccc2)C1. The monoisotopic (exact) mass is 316 g/mol. The Hall–Kier alpha value is -1.84. The first-order valence-electron chi connectivity index (χ1n) is 8.60. The second-order valence-corrected chi connectivity index (χ2v) is 6.83. The van der Waals surface area contributed by atoms with Gasteiger partial charge in [0, 0.05) is 25.6 Å². The van der Waals surface area contributed by atoms with E-state index in [1.807, 2.05) is 36.9 Å². The number of carbonyl (C=O) groups excluding carboxylic acids is 2. The lowest BCUT2D eigenvalue weighted by molar-refractivity contribution is -0.138. The minimum Gasteiger partial charge on any atom is -0.355 e. The van der Waals surface area contributed by atoms with Crippen LogP contribution in [0.2, 0.25) is 0 Å². The molecule has 1 aliphatic heterocycles. The van der Waals surface area contributed by atoms with Crippen LogP contribution < -0.4 is 5.32 Å². The van der Waals surface area contributed by atoms with E-state index in [2.05, 4.69) is 24.4 Å². The lowest BCUT2D eigenvalue weighted by Crippen LogP contribution is -2.47. The van der Waals surface area contributed by atoms with Crippen LogP contribution in [0.4, 0.5) is 0 Å². The van der Waals surface area contributed by atoms with Gasteiger partial charge in [-0.1, -0.05) is 51.1 Å². The summed E-state index contributed by atoms with van der Waals surface area (Å²) in [5.41, 5.74) is 1.23. The Balaban J connectivity index is 1.84. The first-order chi connectivity index (χ1) is 11.0. The maximum absolute atomic E-state index is 12.4. The Bertz CT molecular complexity index is 527. The van der Waals surface area contributed by atoms with Crippen molar-refractivity contribution in [1.29, 1.82) is 0 Å². The first kappa shape index (κ1) is 17.5. The molecule has 23 heavy (non-hydrogen) atoms. The van der Waals surface area contributed by atoms with Gasteiger partial charge in [-0.05, 0) is 24.3 Å². The van der Waals surface area contributed by atoms with Crippen molar-refractivity contribution < 1.29 is 9.59 Å². The molecule has 1 aromatic carbocycles. The zero-order valence-corrected chi connectivity index (χ0v) is 14.4. The van der Waals surface area contributed by atoms with Crippen LogP contribution in [-0.2, 0) is 9.59 Å². The summed E-state index contributed by atoms with van der Waals surface area (Å²) in [6.45, 7) is 7.91. The number of carbonyl (C=O) groups is 2. The lowest BCUT2D eigenvalue weighted by Gasteiger charge is -2.33. The van der Waals surface area contributed by atoms with Gasteiger partial charge in [-0.2, -0.15) is 0 Å². The summed E-state index contributed by atoms with van der Waals surface area (Å²) in [4.78, 5) is 26.4. The van der Waals surface area contributed by atoms with Crippen molar-refractivity contribution in [3.8, 4) is 0 Å². The Kier molecular flexibility index (Phi) is 6.20. The molecule has 2 amide bonds. The lowest BCUT2D eigenvalue weighted by atomic mass is 9.95. The number of rotatable bonds is 5. The van der Waals surface area contributed by atoms with Gasteiger partial charge < -0.3 is 10.2 Å². The van der Waals surface area contributed by atoms with Gasteiger partial charge in [0.05, 0.1) is 5.92 Å². The fourth-order valence-corrected chi connectivity index (χ4v) is 3.05. The number of hydrogen-bond donors (Lipinski definition) is 1.